The highest BCUT2D eigenvalue weighted by Crippen LogP contribution is 2.20. The van der Waals surface area contributed by atoms with Gasteiger partial charge in [0.05, 0.1) is 18.7 Å². The van der Waals surface area contributed by atoms with Crippen molar-refractivity contribution in [2.75, 3.05) is 7.11 Å². The van der Waals surface area contributed by atoms with E-state index in [1.165, 1.54) is 19.2 Å². The lowest BCUT2D eigenvalue weighted by atomic mass is 10.1. The Balaban J connectivity index is 3.14. The van der Waals surface area contributed by atoms with Gasteiger partial charge in [-0.05, 0) is 19.1 Å². The zero-order chi connectivity index (χ0) is 10.7. The average molecular weight is 197 g/mol. The Hall–Kier alpha value is -1.42. The average Bonchev–Trinajstić information content (AvgIpc) is 2.16. The third kappa shape index (κ3) is 2.09. The van der Waals surface area contributed by atoms with Crippen LogP contribution in [0, 0.1) is 5.82 Å². The standard InChI is InChI=1S/C10H12FNO2/c1-6(12)10(13)8-4-3-7(11)5-9(8)14-2/h3-6H,12H2,1-2H3. The lowest BCUT2D eigenvalue weighted by molar-refractivity contribution is 0.0965. The summed E-state index contributed by atoms with van der Waals surface area (Å²) in [6, 6.07) is 3.13. The molecule has 1 aromatic carbocycles. The van der Waals surface area contributed by atoms with Gasteiger partial charge < -0.3 is 10.5 Å². The van der Waals surface area contributed by atoms with Gasteiger partial charge in [-0.2, -0.15) is 0 Å². The third-order valence-electron chi connectivity index (χ3n) is 1.84. The first-order valence-corrected chi connectivity index (χ1v) is 4.19. The Bertz CT molecular complexity index is 350. The summed E-state index contributed by atoms with van der Waals surface area (Å²) in [7, 11) is 1.38. The maximum Gasteiger partial charge on any atom is 0.182 e. The van der Waals surface area contributed by atoms with Crippen molar-refractivity contribution in [3.63, 3.8) is 0 Å². The molecule has 1 atom stereocenters. The first-order valence-electron chi connectivity index (χ1n) is 4.19. The maximum atomic E-state index is 12.8. The summed E-state index contributed by atoms with van der Waals surface area (Å²) < 4.78 is 17.7. The highest BCUT2D eigenvalue weighted by Gasteiger charge is 2.16. The quantitative estimate of drug-likeness (QED) is 0.744. The molecular weight excluding hydrogens is 185 g/mol. The van der Waals surface area contributed by atoms with E-state index in [4.69, 9.17) is 10.5 Å². The molecule has 0 aromatic heterocycles. The predicted molar refractivity (Wildman–Crippen MR) is 50.9 cm³/mol. The van der Waals surface area contributed by atoms with E-state index in [1.807, 2.05) is 0 Å². The smallest absolute Gasteiger partial charge is 0.182 e. The predicted octanol–water partition coefficient (Wildman–Crippen LogP) is 1.36. The fraction of sp³-hybridized carbons (Fsp3) is 0.300. The largest absolute Gasteiger partial charge is 0.496 e. The van der Waals surface area contributed by atoms with Crippen LogP contribution in [0.5, 0.6) is 5.75 Å². The van der Waals surface area contributed by atoms with E-state index in [1.54, 1.807) is 6.92 Å². The number of methoxy groups -OCH3 is 1. The molecule has 0 spiro atoms. The molecule has 0 bridgehead atoms. The van der Waals surface area contributed by atoms with Crippen molar-refractivity contribution in [3.05, 3.63) is 29.6 Å². The van der Waals surface area contributed by atoms with Crippen LogP contribution in [0.3, 0.4) is 0 Å². The molecule has 4 heteroatoms. The van der Waals surface area contributed by atoms with Gasteiger partial charge in [0, 0.05) is 6.07 Å². The number of hydrogen-bond donors (Lipinski definition) is 1. The van der Waals surface area contributed by atoms with Crippen molar-refractivity contribution in [2.45, 2.75) is 13.0 Å². The van der Waals surface area contributed by atoms with Crippen molar-refractivity contribution in [1.29, 1.82) is 0 Å². The molecule has 76 valence electrons. The van der Waals surface area contributed by atoms with Crippen molar-refractivity contribution in [1.82, 2.24) is 0 Å². The van der Waals surface area contributed by atoms with Crippen LogP contribution in [0.15, 0.2) is 18.2 Å². The molecule has 14 heavy (non-hydrogen) atoms. The molecule has 0 radical (unpaired) electrons. The molecule has 3 nitrogen and oxygen atoms in total. The number of carbonyl (C=O) groups excluding carboxylic acids is 1. The van der Waals surface area contributed by atoms with Gasteiger partial charge in [-0.3, -0.25) is 4.79 Å². The second kappa shape index (κ2) is 4.19. The molecule has 1 aromatic rings. The summed E-state index contributed by atoms with van der Waals surface area (Å²) in [6.07, 6.45) is 0. The first-order chi connectivity index (χ1) is 6.56. The number of hydrogen-bond acceptors (Lipinski definition) is 3. The number of benzene rings is 1. The third-order valence-corrected chi connectivity index (χ3v) is 1.84. The van der Waals surface area contributed by atoms with Crippen LogP contribution in [-0.2, 0) is 0 Å². The lowest BCUT2D eigenvalue weighted by Crippen LogP contribution is -2.27. The van der Waals surface area contributed by atoms with E-state index in [-0.39, 0.29) is 11.5 Å². The van der Waals surface area contributed by atoms with E-state index in [9.17, 15) is 9.18 Å². The van der Waals surface area contributed by atoms with Crippen LogP contribution in [0.4, 0.5) is 4.39 Å². The lowest BCUT2D eigenvalue weighted by Gasteiger charge is -2.09. The number of rotatable bonds is 3. The monoisotopic (exact) mass is 197 g/mol. The van der Waals surface area contributed by atoms with Crippen molar-refractivity contribution in [2.24, 2.45) is 5.73 Å². The number of carbonyl (C=O) groups is 1. The molecule has 0 aliphatic rings. The van der Waals surface area contributed by atoms with Gasteiger partial charge >= 0.3 is 0 Å². The van der Waals surface area contributed by atoms with Crippen LogP contribution >= 0.6 is 0 Å². The summed E-state index contributed by atoms with van der Waals surface area (Å²) in [6.45, 7) is 1.57. The Morgan fingerprint density at radius 3 is 2.71 bits per heavy atom. The zero-order valence-corrected chi connectivity index (χ0v) is 8.08. The fourth-order valence-electron chi connectivity index (χ4n) is 1.11. The Morgan fingerprint density at radius 1 is 1.57 bits per heavy atom. The van der Waals surface area contributed by atoms with E-state index < -0.39 is 11.9 Å². The molecule has 0 saturated heterocycles. The van der Waals surface area contributed by atoms with E-state index in [2.05, 4.69) is 0 Å². The van der Waals surface area contributed by atoms with Gasteiger partial charge in [-0.15, -0.1) is 0 Å². The van der Waals surface area contributed by atoms with Crippen LogP contribution < -0.4 is 10.5 Å². The molecule has 2 N–H and O–H groups in total. The van der Waals surface area contributed by atoms with E-state index in [0.29, 0.717) is 5.56 Å². The minimum absolute atomic E-state index is 0.215. The minimum Gasteiger partial charge on any atom is -0.496 e. The van der Waals surface area contributed by atoms with E-state index in [0.717, 1.165) is 6.07 Å². The molecule has 1 unspecified atom stereocenters. The summed E-state index contributed by atoms with van der Waals surface area (Å²) in [5.74, 6) is -0.489. The SMILES string of the molecule is COc1cc(F)ccc1C(=O)C(C)N. The molecule has 0 aliphatic heterocycles. The van der Waals surface area contributed by atoms with Gasteiger partial charge in [0.1, 0.15) is 11.6 Å². The summed E-state index contributed by atoms with van der Waals surface area (Å²) in [4.78, 5) is 11.5. The molecule has 0 aliphatic carbocycles. The molecule has 1 rings (SSSR count). The van der Waals surface area contributed by atoms with Crippen molar-refractivity contribution >= 4 is 5.78 Å². The first kappa shape index (κ1) is 10.7. The second-order valence-corrected chi connectivity index (χ2v) is 3.00. The molecular formula is C10H12FNO2. The second-order valence-electron chi connectivity index (χ2n) is 3.00. The van der Waals surface area contributed by atoms with Crippen molar-refractivity contribution < 1.29 is 13.9 Å². The molecule has 0 heterocycles. The highest BCUT2D eigenvalue weighted by molar-refractivity contribution is 6.02. The Kier molecular flexibility index (Phi) is 3.19. The van der Waals surface area contributed by atoms with Gasteiger partial charge in [-0.1, -0.05) is 0 Å². The summed E-state index contributed by atoms with van der Waals surface area (Å²) in [5, 5.41) is 0. The Labute approximate surface area is 81.7 Å². The summed E-state index contributed by atoms with van der Waals surface area (Å²) in [5.41, 5.74) is 5.74. The number of Topliss-reactive ketones (excluding diaryl/α,β-unsaturated/α-hetero) is 1. The van der Waals surface area contributed by atoms with Gasteiger partial charge in [0.15, 0.2) is 5.78 Å². The van der Waals surface area contributed by atoms with Crippen LogP contribution in [-0.4, -0.2) is 18.9 Å². The topological polar surface area (TPSA) is 52.3 Å². The van der Waals surface area contributed by atoms with Crippen molar-refractivity contribution in [3.8, 4) is 5.75 Å². The highest BCUT2D eigenvalue weighted by atomic mass is 19.1. The zero-order valence-electron chi connectivity index (χ0n) is 8.08. The normalized spacial score (nSPS) is 12.3. The van der Waals surface area contributed by atoms with Crippen LogP contribution in [0.2, 0.25) is 0 Å². The maximum absolute atomic E-state index is 12.8. The Morgan fingerprint density at radius 2 is 2.21 bits per heavy atom. The van der Waals surface area contributed by atoms with Gasteiger partial charge in [0.2, 0.25) is 0 Å². The summed E-state index contributed by atoms with van der Waals surface area (Å²) >= 11 is 0. The number of nitrogens with two attached hydrogens (primary N) is 1. The molecule has 0 fully saturated rings. The van der Waals surface area contributed by atoms with Crippen LogP contribution in [0.1, 0.15) is 17.3 Å². The van der Waals surface area contributed by atoms with Gasteiger partial charge in [0.25, 0.3) is 0 Å². The minimum atomic E-state index is -0.616. The van der Waals surface area contributed by atoms with Crippen LogP contribution in [0.25, 0.3) is 0 Å². The fourth-order valence-corrected chi connectivity index (χ4v) is 1.11. The number of ether oxygens (including phenoxy) is 1. The molecule has 0 saturated carbocycles. The number of halogens is 1. The molecule has 0 amide bonds. The van der Waals surface area contributed by atoms with E-state index >= 15 is 0 Å². The number of ketones is 1. The van der Waals surface area contributed by atoms with Gasteiger partial charge in [-0.25, -0.2) is 4.39 Å².